The Bertz CT molecular complexity index is 1230. The number of halogens is 1. The highest BCUT2D eigenvalue weighted by molar-refractivity contribution is 7.71. The van der Waals surface area contributed by atoms with Gasteiger partial charge in [-0.05, 0) is 49.5 Å². The number of para-hydroxylation sites is 1. The zero-order chi connectivity index (χ0) is 21.3. The smallest absolute Gasteiger partial charge is 0.262 e. The van der Waals surface area contributed by atoms with Crippen LogP contribution in [-0.4, -0.2) is 41.8 Å². The Morgan fingerprint density at radius 2 is 2.03 bits per heavy atom. The Balaban J connectivity index is 1.68. The second kappa shape index (κ2) is 8.59. The lowest BCUT2D eigenvalue weighted by Crippen LogP contribution is -2.37. The summed E-state index contributed by atoms with van der Waals surface area (Å²) < 4.78 is 7.23. The van der Waals surface area contributed by atoms with Crippen molar-refractivity contribution in [3.05, 3.63) is 62.1 Å². The Morgan fingerprint density at radius 3 is 2.77 bits per heavy atom. The summed E-state index contributed by atoms with van der Waals surface area (Å²) in [6.45, 7) is 4.95. The second-order valence-electron chi connectivity index (χ2n) is 6.93. The van der Waals surface area contributed by atoms with E-state index in [0.29, 0.717) is 64.8 Å². The first kappa shape index (κ1) is 20.6. The third-order valence-corrected chi connectivity index (χ3v) is 5.75. The minimum atomic E-state index is -0.298. The van der Waals surface area contributed by atoms with Crippen LogP contribution in [-0.2, 0) is 11.3 Å². The molecule has 3 aromatic rings. The molecule has 156 valence electrons. The molecule has 1 saturated heterocycles. The molecule has 30 heavy (non-hydrogen) atoms. The number of amides is 1. The Kier molecular flexibility index (Phi) is 5.90. The van der Waals surface area contributed by atoms with Crippen LogP contribution >= 0.6 is 23.8 Å². The van der Waals surface area contributed by atoms with Crippen LogP contribution in [0.15, 0.2) is 41.2 Å². The predicted molar refractivity (Wildman–Crippen MR) is 122 cm³/mol. The van der Waals surface area contributed by atoms with Gasteiger partial charge in [-0.25, -0.2) is 0 Å². The highest BCUT2D eigenvalue weighted by Crippen LogP contribution is 2.34. The van der Waals surface area contributed by atoms with E-state index in [-0.39, 0.29) is 11.5 Å². The molecule has 1 amide bonds. The van der Waals surface area contributed by atoms with Gasteiger partial charge in [0, 0.05) is 25.2 Å². The summed E-state index contributed by atoms with van der Waals surface area (Å²) in [6.07, 6.45) is 0. The van der Waals surface area contributed by atoms with Gasteiger partial charge in [0.1, 0.15) is 0 Å². The van der Waals surface area contributed by atoms with Crippen LogP contribution in [0.5, 0.6) is 0 Å². The van der Waals surface area contributed by atoms with Crippen molar-refractivity contribution in [3.8, 4) is 0 Å². The monoisotopic (exact) mass is 444 g/mol. The minimum Gasteiger partial charge on any atom is -0.378 e. The van der Waals surface area contributed by atoms with E-state index >= 15 is 0 Å². The summed E-state index contributed by atoms with van der Waals surface area (Å²) in [5, 5.41) is 4.00. The summed E-state index contributed by atoms with van der Waals surface area (Å²) in [7, 11) is 0. The molecule has 2 aromatic carbocycles. The van der Waals surface area contributed by atoms with Crippen LogP contribution in [0.4, 0.5) is 11.4 Å². The van der Waals surface area contributed by atoms with E-state index in [4.69, 9.17) is 28.6 Å². The van der Waals surface area contributed by atoms with E-state index in [9.17, 15) is 9.59 Å². The largest absolute Gasteiger partial charge is 0.378 e. The molecule has 0 saturated carbocycles. The fourth-order valence-electron chi connectivity index (χ4n) is 3.60. The van der Waals surface area contributed by atoms with Crippen molar-refractivity contribution in [1.29, 1.82) is 0 Å². The zero-order valence-corrected chi connectivity index (χ0v) is 18.0. The molecular formula is C21H21ClN4O3S. The lowest BCUT2D eigenvalue weighted by molar-refractivity contribution is 0.102. The molecule has 9 heteroatoms. The summed E-state index contributed by atoms with van der Waals surface area (Å²) in [5.74, 6) is -0.298. The van der Waals surface area contributed by atoms with E-state index in [0.717, 1.165) is 5.69 Å². The van der Waals surface area contributed by atoms with Crippen molar-refractivity contribution in [2.45, 2.75) is 13.5 Å². The number of hydrogen-bond acceptors (Lipinski definition) is 5. The molecule has 1 fully saturated rings. The Labute approximate surface area is 183 Å². The molecule has 1 aliphatic rings. The van der Waals surface area contributed by atoms with E-state index < -0.39 is 0 Å². The molecule has 0 spiro atoms. The van der Waals surface area contributed by atoms with Gasteiger partial charge in [0.15, 0.2) is 4.77 Å². The highest BCUT2D eigenvalue weighted by atomic mass is 35.5. The molecule has 2 heterocycles. The van der Waals surface area contributed by atoms with Crippen molar-refractivity contribution in [3.63, 3.8) is 0 Å². The van der Waals surface area contributed by atoms with Gasteiger partial charge in [-0.2, -0.15) is 0 Å². The number of carbonyl (C=O) groups is 1. The number of aromatic amines is 1. The molecule has 1 aromatic heterocycles. The van der Waals surface area contributed by atoms with Crippen LogP contribution in [0.25, 0.3) is 10.9 Å². The standard InChI is InChI=1S/C21H21ClN4O3S/c1-2-26-20(28)14-7-6-13(12-17(14)24-21(26)30)19(27)23-16-5-3-4-15(22)18(16)25-8-10-29-11-9-25/h3-7,12H,2,8-11H2,1H3,(H,23,27)(H,24,30). The molecule has 1 aliphatic heterocycles. The molecule has 0 aliphatic carbocycles. The minimum absolute atomic E-state index is 0.173. The number of rotatable bonds is 4. The van der Waals surface area contributed by atoms with Crippen molar-refractivity contribution in [1.82, 2.24) is 9.55 Å². The van der Waals surface area contributed by atoms with Crippen LogP contribution in [0.2, 0.25) is 5.02 Å². The van der Waals surface area contributed by atoms with Gasteiger partial charge >= 0.3 is 0 Å². The quantitative estimate of drug-likeness (QED) is 0.598. The van der Waals surface area contributed by atoms with E-state index in [1.165, 1.54) is 4.57 Å². The van der Waals surface area contributed by atoms with Crippen molar-refractivity contribution in [2.24, 2.45) is 0 Å². The van der Waals surface area contributed by atoms with Gasteiger partial charge in [-0.3, -0.25) is 14.2 Å². The normalized spacial score (nSPS) is 14.1. The third kappa shape index (κ3) is 3.86. The number of nitrogens with one attached hydrogen (secondary N) is 2. The first-order valence-electron chi connectivity index (χ1n) is 9.69. The van der Waals surface area contributed by atoms with Gasteiger partial charge in [-0.1, -0.05) is 17.7 Å². The highest BCUT2D eigenvalue weighted by Gasteiger charge is 2.19. The molecule has 0 atom stereocenters. The summed E-state index contributed by atoms with van der Waals surface area (Å²) in [5.41, 5.74) is 2.18. The van der Waals surface area contributed by atoms with Gasteiger partial charge < -0.3 is 19.9 Å². The average molecular weight is 445 g/mol. The van der Waals surface area contributed by atoms with Gasteiger partial charge in [0.2, 0.25) is 0 Å². The molecule has 2 N–H and O–H groups in total. The van der Waals surface area contributed by atoms with E-state index in [1.807, 2.05) is 13.0 Å². The summed E-state index contributed by atoms with van der Waals surface area (Å²) >= 11 is 11.7. The first-order valence-corrected chi connectivity index (χ1v) is 10.5. The maximum Gasteiger partial charge on any atom is 0.262 e. The van der Waals surface area contributed by atoms with E-state index in [1.54, 1.807) is 30.3 Å². The van der Waals surface area contributed by atoms with Crippen LogP contribution in [0, 0.1) is 4.77 Å². The Hall–Kier alpha value is -2.68. The number of carbonyl (C=O) groups excluding carboxylic acids is 1. The molecule has 0 unspecified atom stereocenters. The Morgan fingerprint density at radius 1 is 1.27 bits per heavy atom. The number of benzene rings is 2. The molecule has 0 radical (unpaired) electrons. The SMILES string of the molecule is CCn1c(=S)[nH]c2cc(C(=O)Nc3cccc(Cl)c3N3CCOCC3)ccc2c1=O. The van der Waals surface area contributed by atoms with Gasteiger partial charge in [-0.15, -0.1) is 0 Å². The predicted octanol–water partition coefficient (Wildman–Crippen LogP) is 3.82. The lowest BCUT2D eigenvalue weighted by atomic mass is 10.1. The average Bonchev–Trinajstić information content (AvgIpc) is 2.74. The first-order chi connectivity index (χ1) is 14.5. The number of ether oxygens (including phenoxy) is 1. The molecule has 7 nitrogen and oxygen atoms in total. The van der Waals surface area contributed by atoms with Crippen LogP contribution in [0.1, 0.15) is 17.3 Å². The summed E-state index contributed by atoms with van der Waals surface area (Å²) in [6, 6.07) is 10.3. The number of fused-ring (bicyclic) bond motifs is 1. The van der Waals surface area contributed by atoms with Crippen LogP contribution < -0.4 is 15.8 Å². The van der Waals surface area contributed by atoms with Crippen molar-refractivity contribution < 1.29 is 9.53 Å². The molecule has 4 rings (SSSR count). The number of anilines is 2. The lowest BCUT2D eigenvalue weighted by Gasteiger charge is -2.31. The van der Waals surface area contributed by atoms with Gasteiger partial charge in [0.25, 0.3) is 11.5 Å². The second-order valence-corrected chi connectivity index (χ2v) is 7.72. The fraction of sp³-hybridized carbons (Fsp3) is 0.286. The number of aromatic nitrogens is 2. The summed E-state index contributed by atoms with van der Waals surface area (Å²) in [4.78, 5) is 30.7. The van der Waals surface area contributed by atoms with Crippen molar-refractivity contribution >= 4 is 52.0 Å². The third-order valence-electron chi connectivity index (χ3n) is 5.12. The number of morpholine rings is 1. The van der Waals surface area contributed by atoms with Gasteiger partial charge in [0.05, 0.1) is 40.5 Å². The maximum absolute atomic E-state index is 13.0. The fourth-order valence-corrected chi connectivity index (χ4v) is 4.22. The van der Waals surface area contributed by atoms with E-state index in [2.05, 4.69) is 15.2 Å². The van der Waals surface area contributed by atoms with Crippen molar-refractivity contribution in [2.75, 3.05) is 36.5 Å². The zero-order valence-electron chi connectivity index (χ0n) is 16.4. The molecular weight excluding hydrogens is 424 g/mol. The number of H-pyrrole nitrogens is 1. The number of hydrogen-bond donors (Lipinski definition) is 2. The molecule has 0 bridgehead atoms. The maximum atomic E-state index is 13.0. The number of nitrogens with zero attached hydrogens (tertiary/aromatic N) is 2. The topological polar surface area (TPSA) is 79.4 Å². The van der Waals surface area contributed by atoms with Crippen LogP contribution in [0.3, 0.4) is 0 Å².